The van der Waals surface area contributed by atoms with E-state index in [-0.39, 0.29) is 0 Å². The standard InChI is InChI=1S/C25H32N4O3S/c1-6-29(7-2)17(3)16-27-25(33)28-18-8-10-19(11-9-18)32-22-12-13-26-21-15-24(31-5)23(30-4)14-20(21)22/h8-15,17H,6-7,16H2,1-5H3,(H2,27,28,33). The molecule has 0 aliphatic carbocycles. The number of pyridine rings is 1. The number of methoxy groups -OCH3 is 2. The van der Waals surface area contributed by atoms with Gasteiger partial charge in [0.2, 0.25) is 0 Å². The Balaban J connectivity index is 1.65. The van der Waals surface area contributed by atoms with Crippen molar-refractivity contribution in [3.05, 3.63) is 48.7 Å². The van der Waals surface area contributed by atoms with Gasteiger partial charge in [0.1, 0.15) is 11.5 Å². The van der Waals surface area contributed by atoms with Crippen LogP contribution < -0.4 is 24.8 Å². The summed E-state index contributed by atoms with van der Waals surface area (Å²) in [5, 5.41) is 7.96. The highest BCUT2D eigenvalue weighted by Crippen LogP contribution is 2.36. The predicted octanol–water partition coefficient (Wildman–Crippen LogP) is 5.06. The van der Waals surface area contributed by atoms with Gasteiger partial charge < -0.3 is 24.8 Å². The minimum atomic E-state index is 0.407. The monoisotopic (exact) mass is 468 g/mol. The molecule has 3 rings (SSSR count). The highest BCUT2D eigenvalue weighted by atomic mass is 32.1. The molecule has 1 unspecified atom stereocenters. The Kier molecular flexibility index (Phi) is 8.68. The number of anilines is 1. The second-order valence-corrected chi connectivity index (χ2v) is 7.97. The number of fused-ring (bicyclic) bond motifs is 1. The molecule has 1 atom stereocenters. The van der Waals surface area contributed by atoms with E-state index in [1.807, 2.05) is 42.5 Å². The van der Waals surface area contributed by atoms with Crippen molar-refractivity contribution in [1.82, 2.24) is 15.2 Å². The predicted molar refractivity (Wildman–Crippen MR) is 138 cm³/mol. The van der Waals surface area contributed by atoms with Crippen molar-refractivity contribution < 1.29 is 14.2 Å². The van der Waals surface area contributed by atoms with Crippen LogP contribution in [0.1, 0.15) is 20.8 Å². The molecular formula is C25H32N4O3S. The molecule has 0 aliphatic rings. The largest absolute Gasteiger partial charge is 0.493 e. The summed E-state index contributed by atoms with van der Waals surface area (Å²) in [6.07, 6.45) is 1.71. The maximum absolute atomic E-state index is 6.14. The van der Waals surface area contributed by atoms with Gasteiger partial charge in [-0.1, -0.05) is 13.8 Å². The third-order valence-corrected chi connectivity index (χ3v) is 5.79. The van der Waals surface area contributed by atoms with E-state index in [4.69, 9.17) is 26.4 Å². The van der Waals surface area contributed by atoms with E-state index in [9.17, 15) is 0 Å². The number of ether oxygens (including phenoxy) is 3. The topological polar surface area (TPSA) is 67.9 Å². The minimum Gasteiger partial charge on any atom is -0.493 e. The van der Waals surface area contributed by atoms with Gasteiger partial charge in [0.05, 0.1) is 19.7 Å². The second-order valence-electron chi connectivity index (χ2n) is 7.57. The van der Waals surface area contributed by atoms with Crippen LogP contribution in [0.15, 0.2) is 48.7 Å². The van der Waals surface area contributed by atoms with Crippen LogP contribution in [-0.4, -0.2) is 54.9 Å². The summed E-state index contributed by atoms with van der Waals surface area (Å²) in [4.78, 5) is 6.80. The lowest BCUT2D eigenvalue weighted by atomic mass is 10.2. The van der Waals surface area contributed by atoms with Crippen molar-refractivity contribution in [2.75, 3.05) is 39.2 Å². The number of benzene rings is 2. The smallest absolute Gasteiger partial charge is 0.170 e. The molecular weight excluding hydrogens is 436 g/mol. The number of hydrogen-bond acceptors (Lipinski definition) is 6. The van der Waals surface area contributed by atoms with E-state index in [1.165, 1.54) is 0 Å². The van der Waals surface area contributed by atoms with E-state index in [1.54, 1.807) is 20.4 Å². The molecule has 1 heterocycles. The van der Waals surface area contributed by atoms with Crippen LogP contribution in [0, 0.1) is 0 Å². The summed E-state index contributed by atoms with van der Waals surface area (Å²) in [5.41, 5.74) is 1.65. The average molecular weight is 469 g/mol. The lowest BCUT2D eigenvalue weighted by molar-refractivity contribution is 0.232. The van der Waals surface area contributed by atoms with Gasteiger partial charge in [0.15, 0.2) is 16.6 Å². The Morgan fingerprint density at radius 1 is 1.00 bits per heavy atom. The molecule has 0 amide bonds. The van der Waals surface area contributed by atoms with E-state index >= 15 is 0 Å². The Bertz CT molecular complexity index is 1070. The van der Waals surface area contributed by atoms with E-state index in [0.29, 0.717) is 34.2 Å². The van der Waals surface area contributed by atoms with Crippen molar-refractivity contribution in [3.63, 3.8) is 0 Å². The number of thiocarbonyl (C=S) groups is 1. The molecule has 0 bridgehead atoms. The van der Waals surface area contributed by atoms with Crippen molar-refractivity contribution in [3.8, 4) is 23.0 Å². The Morgan fingerprint density at radius 3 is 2.30 bits per heavy atom. The van der Waals surface area contributed by atoms with Crippen LogP contribution in [0.5, 0.6) is 23.0 Å². The van der Waals surface area contributed by atoms with Gasteiger partial charge in [-0.15, -0.1) is 0 Å². The minimum absolute atomic E-state index is 0.407. The van der Waals surface area contributed by atoms with Crippen LogP contribution in [-0.2, 0) is 0 Å². The lowest BCUT2D eigenvalue weighted by Crippen LogP contribution is -2.43. The summed E-state index contributed by atoms with van der Waals surface area (Å²) in [6, 6.07) is 13.6. The molecule has 8 heteroatoms. The molecule has 2 aromatic carbocycles. The molecule has 0 saturated carbocycles. The SMILES string of the molecule is CCN(CC)C(C)CNC(=S)Nc1ccc(Oc2ccnc3cc(OC)c(OC)cc23)cc1. The van der Waals surface area contributed by atoms with Crippen LogP contribution in [0.4, 0.5) is 5.69 Å². The molecule has 2 N–H and O–H groups in total. The molecule has 0 spiro atoms. The van der Waals surface area contributed by atoms with Crippen molar-refractivity contribution in [1.29, 1.82) is 0 Å². The first kappa shape index (κ1) is 24.5. The molecule has 7 nitrogen and oxygen atoms in total. The molecule has 33 heavy (non-hydrogen) atoms. The first-order valence-corrected chi connectivity index (χ1v) is 11.5. The number of nitrogens with one attached hydrogen (secondary N) is 2. The number of rotatable bonds is 10. The lowest BCUT2D eigenvalue weighted by Gasteiger charge is -2.27. The van der Waals surface area contributed by atoms with Crippen LogP contribution >= 0.6 is 12.2 Å². The summed E-state index contributed by atoms with van der Waals surface area (Å²) in [6.45, 7) is 9.37. The first-order valence-electron chi connectivity index (χ1n) is 11.1. The maximum atomic E-state index is 6.14. The summed E-state index contributed by atoms with van der Waals surface area (Å²) in [5.74, 6) is 2.64. The number of aromatic nitrogens is 1. The van der Waals surface area contributed by atoms with Gasteiger partial charge >= 0.3 is 0 Å². The molecule has 0 fully saturated rings. The normalized spacial score (nSPS) is 11.8. The van der Waals surface area contributed by atoms with Crippen molar-refractivity contribution in [2.45, 2.75) is 26.8 Å². The highest BCUT2D eigenvalue weighted by Gasteiger charge is 2.12. The number of likely N-dealkylation sites (N-methyl/N-ethyl adjacent to an activating group) is 1. The Hall–Kier alpha value is -3.10. The molecule has 176 valence electrons. The number of hydrogen-bond donors (Lipinski definition) is 2. The van der Waals surface area contributed by atoms with Gasteiger partial charge in [0, 0.05) is 35.9 Å². The van der Waals surface area contributed by atoms with E-state index in [0.717, 1.165) is 36.2 Å². The zero-order chi connectivity index (χ0) is 23.8. The summed E-state index contributed by atoms with van der Waals surface area (Å²) in [7, 11) is 3.21. The zero-order valence-electron chi connectivity index (χ0n) is 19.8. The Morgan fingerprint density at radius 2 is 1.67 bits per heavy atom. The van der Waals surface area contributed by atoms with Gasteiger partial charge in [0.25, 0.3) is 0 Å². The third-order valence-electron chi connectivity index (χ3n) is 5.54. The zero-order valence-corrected chi connectivity index (χ0v) is 20.7. The molecule has 3 aromatic rings. The van der Waals surface area contributed by atoms with Crippen LogP contribution in [0.3, 0.4) is 0 Å². The van der Waals surface area contributed by atoms with Gasteiger partial charge in [-0.2, -0.15) is 0 Å². The molecule has 1 aromatic heterocycles. The van der Waals surface area contributed by atoms with Gasteiger partial charge in [-0.3, -0.25) is 9.88 Å². The fraction of sp³-hybridized carbons (Fsp3) is 0.360. The fourth-order valence-corrected chi connectivity index (χ4v) is 3.86. The molecule has 0 aliphatic heterocycles. The summed E-state index contributed by atoms with van der Waals surface area (Å²) < 4.78 is 16.9. The third kappa shape index (κ3) is 6.24. The average Bonchev–Trinajstić information content (AvgIpc) is 2.84. The maximum Gasteiger partial charge on any atom is 0.170 e. The summed E-state index contributed by atoms with van der Waals surface area (Å²) >= 11 is 5.45. The van der Waals surface area contributed by atoms with Crippen molar-refractivity contribution >= 4 is 33.9 Å². The van der Waals surface area contributed by atoms with Gasteiger partial charge in [-0.05, 0) is 68.6 Å². The fourth-order valence-electron chi connectivity index (χ4n) is 3.66. The van der Waals surface area contributed by atoms with Crippen LogP contribution in [0.2, 0.25) is 0 Å². The number of nitrogens with zero attached hydrogens (tertiary/aromatic N) is 2. The first-order chi connectivity index (χ1) is 16.0. The second kappa shape index (κ2) is 11.7. The van der Waals surface area contributed by atoms with E-state index < -0.39 is 0 Å². The van der Waals surface area contributed by atoms with Crippen LogP contribution in [0.25, 0.3) is 10.9 Å². The van der Waals surface area contributed by atoms with Crippen molar-refractivity contribution in [2.24, 2.45) is 0 Å². The Labute approximate surface area is 201 Å². The molecule has 0 radical (unpaired) electrons. The van der Waals surface area contributed by atoms with Gasteiger partial charge in [-0.25, -0.2) is 0 Å². The quantitative estimate of drug-likeness (QED) is 0.400. The van der Waals surface area contributed by atoms with E-state index in [2.05, 4.69) is 41.3 Å². The molecule has 0 saturated heterocycles. The highest BCUT2D eigenvalue weighted by molar-refractivity contribution is 7.80.